The highest BCUT2D eigenvalue weighted by atomic mass is 35.5. The summed E-state index contributed by atoms with van der Waals surface area (Å²) in [5.41, 5.74) is 1.16. The van der Waals surface area contributed by atoms with Crippen LogP contribution in [0.2, 0.25) is 5.02 Å². The predicted octanol–water partition coefficient (Wildman–Crippen LogP) is 2.95. The third kappa shape index (κ3) is 6.12. The molecule has 1 aliphatic rings. The number of nitrogens with one attached hydrogen (secondary N) is 2. The second kappa shape index (κ2) is 9.22. The van der Waals surface area contributed by atoms with Crippen LogP contribution in [0, 0.1) is 0 Å². The lowest BCUT2D eigenvalue weighted by molar-refractivity contribution is -0.121. The Kier molecular flexibility index (Phi) is 7.97. The standard InChI is InChI=1S/C15H21ClN2O.ClH/c16-13-4-1-3-12(11-13)8-10-18-15(19)7-6-14-5-2-9-17-14;/h1,3-4,11,14,17H,2,5-10H2,(H,18,19);1H. The molecular weight excluding hydrogens is 295 g/mol. The molecule has 0 spiro atoms. The molecule has 112 valence electrons. The van der Waals surface area contributed by atoms with Crippen molar-refractivity contribution in [3.63, 3.8) is 0 Å². The van der Waals surface area contributed by atoms with Gasteiger partial charge in [0.05, 0.1) is 0 Å². The average molecular weight is 317 g/mol. The van der Waals surface area contributed by atoms with Crippen molar-refractivity contribution in [1.29, 1.82) is 0 Å². The van der Waals surface area contributed by atoms with Gasteiger partial charge in [0.2, 0.25) is 5.91 Å². The van der Waals surface area contributed by atoms with E-state index in [0.717, 1.165) is 30.0 Å². The van der Waals surface area contributed by atoms with E-state index in [-0.39, 0.29) is 18.3 Å². The molecule has 1 heterocycles. The molecule has 1 aliphatic heterocycles. The van der Waals surface area contributed by atoms with E-state index in [0.29, 0.717) is 19.0 Å². The van der Waals surface area contributed by atoms with Gasteiger partial charge in [0.15, 0.2) is 0 Å². The van der Waals surface area contributed by atoms with Crippen molar-refractivity contribution in [2.75, 3.05) is 13.1 Å². The number of amides is 1. The SMILES string of the molecule is Cl.O=C(CCC1CCCN1)NCCc1cccc(Cl)c1. The first-order chi connectivity index (χ1) is 9.24. The molecule has 0 bridgehead atoms. The summed E-state index contributed by atoms with van der Waals surface area (Å²) in [6.07, 6.45) is 4.83. The Morgan fingerprint density at radius 3 is 3.00 bits per heavy atom. The molecule has 20 heavy (non-hydrogen) atoms. The molecule has 0 aromatic heterocycles. The molecule has 1 atom stereocenters. The predicted molar refractivity (Wildman–Crippen MR) is 85.7 cm³/mol. The summed E-state index contributed by atoms with van der Waals surface area (Å²) in [4.78, 5) is 11.7. The minimum atomic E-state index is 0. The molecule has 1 unspecified atom stereocenters. The Hall–Kier alpha value is -0.770. The number of hydrogen-bond donors (Lipinski definition) is 2. The lowest BCUT2D eigenvalue weighted by atomic mass is 10.1. The van der Waals surface area contributed by atoms with Crippen LogP contribution in [0.1, 0.15) is 31.2 Å². The van der Waals surface area contributed by atoms with E-state index in [2.05, 4.69) is 10.6 Å². The van der Waals surface area contributed by atoms with Crippen LogP contribution in [0.25, 0.3) is 0 Å². The second-order valence-electron chi connectivity index (χ2n) is 5.06. The van der Waals surface area contributed by atoms with Crippen LogP contribution in [0.3, 0.4) is 0 Å². The van der Waals surface area contributed by atoms with Gasteiger partial charge in [-0.2, -0.15) is 0 Å². The van der Waals surface area contributed by atoms with E-state index >= 15 is 0 Å². The van der Waals surface area contributed by atoms with E-state index < -0.39 is 0 Å². The summed E-state index contributed by atoms with van der Waals surface area (Å²) in [6.45, 7) is 1.78. The van der Waals surface area contributed by atoms with E-state index in [4.69, 9.17) is 11.6 Å². The van der Waals surface area contributed by atoms with Gasteiger partial charge in [-0.15, -0.1) is 12.4 Å². The molecule has 1 aromatic carbocycles. The van der Waals surface area contributed by atoms with E-state index in [1.165, 1.54) is 12.8 Å². The normalized spacial score (nSPS) is 17.6. The van der Waals surface area contributed by atoms with Crippen LogP contribution in [0.5, 0.6) is 0 Å². The van der Waals surface area contributed by atoms with E-state index in [9.17, 15) is 4.79 Å². The Labute approximate surface area is 131 Å². The highest BCUT2D eigenvalue weighted by molar-refractivity contribution is 6.30. The molecule has 2 rings (SSSR count). The third-order valence-electron chi connectivity index (χ3n) is 3.51. The molecule has 1 fully saturated rings. The van der Waals surface area contributed by atoms with Gasteiger partial charge < -0.3 is 10.6 Å². The molecule has 0 radical (unpaired) electrons. The number of carbonyl (C=O) groups is 1. The van der Waals surface area contributed by atoms with Crippen LogP contribution in [0.4, 0.5) is 0 Å². The van der Waals surface area contributed by atoms with Crippen molar-refractivity contribution in [1.82, 2.24) is 10.6 Å². The van der Waals surface area contributed by atoms with Crippen molar-refractivity contribution in [3.05, 3.63) is 34.9 Å². The maximum absolute atomic E-state index is 11.7. The largest absolute Gasteiger partial charge is 0.356 e. The van der Waals surface area contributed by atoms with Gasteiger partial charge in [-0.05, 0) is 49.9 Å². The van der Waals surface area contributed by atoms with Gasteiger partial charge in [-0.25, -0.2) is 0 Å². The quantitative estimate of drug-likeness (QED) is 0.847. The van der Waals surface area contributed by atoms with Gasteiger partial charge in [0.1, 0.15) is 0 Å². The van der Waals surface area contributed by atoms with Gasteiger partial charge in [-0.1, -0.05) is 23.7 Å². The lowest BCUT2D eigenvalue weighted by Gasteiger charge is -2.10. The number of carbonyl (C=O) groups excluding carboxylic acids is 1. The fourth-order valence-corrected chi connectivity index (χ4v) is 2.65. The van der Waals surface area contributed by atoms with Crippen molar-refractivity contribution in [2.24, 2.45) is 0 Å². The van der Waals surface area contributed by atoms with Gasteiger partial charge in [0, 0.05) is 24.0 Å². The van der Waals surface area contributed by atoms with Crippen molar-refractivity contribution >= 4 is 29.9 Å². The number of rotatable bonds is 6. The molecule has 5 heteroatoms. The molecule has 3 nitrogen and oxygen atoms in total. The first-order valence-corrected chi connectivity index (χ1v) is 7.36. The Balaban J connectivity index is 0.00000200. The minimum Gasteiger partial charge on any atom is -0.356 e. The average Bonchev–Trinajstić information content (AvgIpc) is 2.89. The van der Waals surface area contributed by atoms with Gasteiger partial charge in [0.25, 0.3) is 0 Å². The topological polar surface area (TPSA) is 41.1 Å². The monoisotopic (exact) mass is 316 g/mol. The van der Waals surface area contributed by atoms with Gasteiger partial charge in [-0.3, -0.25) is 4.79 Å². The molecular formula is C15H22Cl2N2O. The third-order valence-corrected chi connectivity index (χ3v) is 3.74. The first-order valence-electron chi connectivity index (χ1n) is 6.98. The summed E-state index contributed by atoms with van der Waals surface area (Å²) >= 11 is 5.91. The fourth-order valence-electron chi connectivity index (χ4n) is 2.44. The van der Waals surface area contributed by atoms with Crippen LogP contribution >= 0.6 is 24.0 Å². The van der Waals surface area contributed by atoms with Crippen LogP contribution in [0.15, 0.2) is 24.3 Å². The first kappa shape index (κ1) is 17.3. The summed E-state index contributed by atoms with van der Waals surface area (Å²) in [7, 11) is 0. The molecule has 0 saturated carbocycles. The Bertz CT molecular complexity index is 420. The van der Waals surface area contributed by atoms with Crippen LogP contribution in [-0.4, -0.2) is 25.0 Å². The maximum atomic E-state index is 11.7. The lowest BCUT2D eigenvalue weighted by Crippen LogP contribution is -2.28. The maximum Gasteiger partial charge on any atom is 0.220 e. The summed E-state index contributed by atoms with van der Waals surface area (Å²) in [6, 6.07) is 8.30. The zero-order valence-corrected chi connectivity index (χ0v) is 13.1. The van der Waals surface area contributed by atoms with Crippen LogP contribution < -0.4 is 10.6 Å². The zero-order valence-electron chi connectivity index (χ0n) is 11.5. The second-order valence-corrected chi connectivity index (χ2v) is 5.50. The zero-order chi connectivity index (χ0) is 13.5. The van der Waals surface area contributed by atoms with E-state index in [1.54, 1.807) is 0 Å². The van der Waals surface area contributed by atoms with Crippen LogP contribution in [-0.2, 0) is 11.2 Å². The van der Waals surface area contributed by atoms with Crippen molar-refractivity contribution in [2.45, 2.75) is 38.1 Å². The summed E-state index contributed by atoms with van der Waals surface area (Å²) < 4.78 is 0. The molecule has 0 aliphatic carbocycles. The number of halogens is 2. The number of hydrogen-bond acceptors (Lipinski definition) is 2. The molecule has 1 amide bonds. The van der Waals surface area contributed by atoms with Crippen molar-refractivity contribution in [3.8, 4) is 0 Å². The van der Waals surface area contributed by atoms with E-state index in [1.807, 2.05) is 24.3 Å². The number of benzene rings is 1. The molecule has 1 aromatic rings. The highest BCUT2D eigenvalue weighted by Crippen LogP contribution is 2.11. The summed E-state index contributed by atoms with van der Waals surface area (Å²) in [5, 5.41) is 7.12. The highest BCUT2D eigenvalue weighted by Gasteiger charge is 2.14. The molecule has 2 N–H and O–H groups in total. The Morgan fingerprint density at radius 1 is 1.45 bits per heavy atom. The van der Waals surface area contributed by atoms with Gasteiger partial charge >= 0.3 is 0 Å². The van der Waals surface area contributed by atoms with Crippen molar-refractivity contribution < 1.29 is 4.79 Å². The fraction of sp³-hybridized carbons (Fsp3) is 0.533. The minimum absolute atomic E-state index is 0. The smallest absolute Gasteiger partial charge is 0.220 e. The Morgan fingerprint density at radius 2 is 2.30 bits per heavy atom. The summed E-state index contributed by atoms with van der Waals surface area (Å²) in [5.74, 6) is 0.149. The molecule has 1 saturated heterocycles.